The van der Waals surface area contributed by atoms with Crippen LogP contribution in [0.3, 0.4) is 0 Å². The molecule has 0 saturated carbocycles. The quantitative estimate of drug-likeness (QED) is 0.254. The van der Waals surface area contributed by atoms with Crippen molar-refractivity contribution in [1.29, 1.82) is 0 Å². The average Bonchev–Trinajstić information content (AvgIpc) is 3.12. The van der Waals surface area contributed by atoms with Crippen LogP contribution in [0, 0.1) is 6.92 Å². The molecule has 1 aliphatic heterocycles. The fourth-order valence-electron chi connectivity index (χ4n) is 4.47. The van der Waals surface area contributed by atoms with Gasteiger partial charge in [-0.2, -0.15) is 0 Å². The van der Waals surface area contributed by atoms with Crippen LogP contribution in [0.15, 0.2) is 113 Å². The number of benzene rings is 4. The molecular formula is C30H22BrN3. The van der Waals surface area contributed by atoms with E-state index in [4.69, 9.17) is 4.99 Å². The number of hydrogen-bond donors (Lipinski definition) is 2. The van der Waals surface area contributed by atoms with Crippen molar-refractivity contribution in [2.75, 3.05) is 5.32 Å². The topological polar surface area (TPSA) is 40.2 Å². The number of nitrogens with zero attached hydrogens (tertiary/aromatic N) is 1. The number of aromatic nitrogens is 1. The Morgan fingerprint density at radius 1 is 0.765 bits per heavy atom. The predicted molar refractivity (Wildman–Crippen MR) is 147 cm³/mol. The molecule has 4 aromatic carbocycles. The Morgan fingerprint density at radius 3 is 2.35 bits per heavy atom. The van der Waals surface area contributed by atoms with E-state index in [1.54, 1.807) is 0 Å². The van der Waals surface area contributed by atoms with Crippen molar-refractivity contribution < 1.29 is 0 Å². The molecule has 34 heavy (non-hydrogen) atoms. The second kappa shape index (κ2) is 8.47. The minimum absolute atomic E-state index is 0.918. The lowest BCUT2D eigenvalue weighted by Crippen LogP contribution is -2.03. The number of hydrogen-bond acceptors (Lipinski definition) is 2. The van der Waals surface area contributed by atoms with E-state index >= 15 is 0 Å². The lowest BCUT2D eigenvalue weighted by molar-refractivity contribution is 1.43. The minimum atomic E-state index is 0.918. The normalized spacial score (nSPS) is 13.0. The van der Waals surface area contributed by atoms with Crippen molar-refractivity contribution in [1.82, 2.24) is 4.98 Å². The Kier molecular flexibility index (Phi) is 5.16. The summed E-state index contributed by atoms with van der Waals surface area (Å²) in [6.07, 6.45) is 2.17. The first-order valence-corrected chi connectivity index (χ1v) is 12.1. The zero-order valence-corrected chi connectivity index (χ0v) is 20.2. The van der Waals surface area contributed by atoms with Gasteiger partial charge in [-0.25, -0.2) is 4.99 Å². The molecule has 0 radical (unpaired) electrons. The van der Waals surface area contributed by atoms with Gasteiger partial charge in [0.25, 0.3) is 0 Å². The van der Waals surface area contributed by atoms with Crippen LogP contribution in [0.25, 0.3) is 27.9 Å². The number of allylic oxidation sites excluding steroid dienone is 1. The van der Waals surface area contributed by atoms with Gasteiger partial charge >= 0.3 is 0 Å². The number of nitrogens with one attached hydrogen (secondary N) is 2. The maximum Gasteiger partial charge on any atom is 0.0871 e. The number of aryl methyl sites for hydroxylation is 1. The molecular weight excluding hydrogens is 482 g/mol. The van der Waals surface area contributed by atoms with Crippen molar-refractivity contribution in [3.8, 4) is 11.3 Å². The first-order valence-electron chi connectivity index (χ1n) is 11.3. The first-order chi connectivity index (χ1) is 16.7. The maximum atomic E-state index is 5.05. The Bertz CT molecular complexity index is 1580. The molecule has 4 heteroatoms. The van der Waals surface area contributed by atoms with E-state index in [1.165, 1.54) is 10.9 Å². The van der Waals surface area contributed by atoms with E-state index in [2.05, 4.69) is 118 Å². The SMILES string of the molecule is Cc1ccc2[nH]c(-c3ccccc3)c(C3=CC(c4ccc(Br)cc4)=Nc4ccccc4N3)c2c1. The highest BCUT2D eigenvalue weighted by atomic mass is 79.9. The third-order valence-corrected chi connectivity index (χ3v) is 6.65. The van der Waals surface area contributed by atoms with Gasteiger partial charge in [0, 0.05) is 26.5 Å². The lowest BCUT2D eigenvalue weighted by Gasteiger charge is -2.13. The average molecular weight is 504 g/mol. The summed E-state index contributed by atoms with van der Waals surface area (Å²) in [5.74, 6) is 0. The summed E-state index contributed by atoms with van der Waals surface area (Å²) in [7, 11) is 0. The summed E-state index contributed by atoms with van der Waals surface area (Å²) in [6, 6.07) is 33.6. The third kappa shape index (κ3) is 3.76. The molecule has 0 unspecified atom stereocenters. The van der Waals surface area contributed by atoms with Crippen LogP contribution in [0.4, 0.5) is 11.4 Å². The summed E-state index contributed by atoms with van der Waals surface area (Å²) in [4.78, 5) is 8.74. The van der Waals surface area contributed by atoms with Gasteiger partial charge in [-0.15, -0.1) is 0 Å². The number of H-pyrrole nitrogens is 1. The summed E-state index contributed by atoms with van der Waals surface area (Å²) in [5.41, 5.74) is 10.6. The molecule has 2 N–H and O–H groups in total. The van der Waals surface area contributed by atoms with Crippen LogP contribution in [-0.2, 0) is 0 Å². The fourth-order valence-corrected chi connectivity index (χ4v) is 4.73. The van der Waals surface area contributed by atoms with Gasteiger partial charge in [-0.1, -0.05) is 82.2 Å². The molecule has 3 nitrogen and oxygen atoms in total. The van der Waals surface area contributed by atoms with Gasteiger partial charge in [0.15, 0.2) is 0 Å². The Hall–Kier alpha value is -3.89. The van der Waals surface area contributed by atoms with Gasteiger partial charge in [0.05, 0.1) is 28.5 Å². The number of anilines is 1. The molecule has 1 aromatic heterocycles. The van der Waals surface area contributed by atoms with Gasteiger partial charge in [0.2, 0.25) is 0 Å². The Morgan fingerprint density at radius 2 is 1.53 bits per heavy atom. The second-order valence-corrected chi connectivity index (χ2v) is 9.41. The summed E-state index contributed by atoms with van der Waals surface area (Å²) >= 11 is 3.55. The Labute approximate surface area is 207 Å². The zero-order valence-electron chi connectivity index (χ0n) is 18.6. The minimum Gasteiger partial charge on any atom is -0.354 e. The first kappa shape index (κ1) is 20.7. The number of fused-ring (bicyclic) bond motifs is 2. The smallest absolute Gasteiger partial charge is 0.0871 e. The molecule has 0 atom stereocenters. The number of aliphatic imine (C=N–C) groups is 1. The zero-order chi connectivity index (χ0) is 23.1. The largest absolute Gasteiger partial charge is 0.354 e. The molecule has 0 bridgehead atoms. The second-order valence-electron chi connectivity index (χ2n) is 8.49. The van der Waals surface area contributed by atoms with E-state index in [-0.39, 0.29) is 0 Å². The molecule has 1 aliphatic rings. The highest BCUT2D eigenvalue weighted by Gasteiger charge is 2.21. The molecule has 6 rings (SSSR count). The van der Waals surface area contributed by atoms with Crippen LogP contribution in [0.5, 0.6) is 0 Å². The van der Waals surface area contributed by atoms with Crippen LogP contribution in [0.1, 0.15) is 16.7 Å². The molecule has 2 heterocycles. The number of aromatic amines is 1. The van der Waals surface area contributed by atoms with Crippen molar-refractivity contribution in [3.63, 3.8) is 0 Å². The summed E-state index contributed by atoms with van der Waals surface area (Å²) in [6.45, 7) is 2.14. The highest BCUT2D eigenvalue weighted by molar-refractivity contribution is 9.10. The van der Waals surface area contributed by atoms with Crippen molar-refractivity contribution >= 4 is 49.6 Å². The van der Waals surface area contributed by atoms with Crippen LogP contribution < -0.4 is 5.32 Å². The predicted octanol–water partition coefficient (Wildman–Crippen LogP) is 8.49. The van der Waals surface area contributed by atoms with Gasteiger partial charge in [-0.3, -0.25) is 0 Å². The lowest BCUT2D eigenvalue weighted by atomic mass is 9.99. The number of rotatable bonds is 3. The van der Waals surface area contributed by atoms with Gasteiger partial charge in [0.1, 0.15) is 0 Å². The molecule has 0 fully saturated rings. The van der Waals surface area contributed by atoms with Crippen molar-refractivity contribution in [2.45, 2.75) is 6.92 Å². The number of para-hydroxylation sites is 2. The molecule has 0 amide bonds. The van der Waals surface area contributed by atoms with Crippen LogP contribution >= 0.6 is 15.9 Å². The van der Waals surface area contributed by atoms with Gasteiger partial charge in [-0.05, 0) is 55.0 Å². The molecule has 5 aromatic rings. The summed E-state index contributed by atoms with van der Waals surface area (Å²) < 4.78 is 1.05. The highest BCUT2D eigenvalue weighted by Crippen LogP contribution is 2.39. The van der Waals surface area contributed by atoms with Crippen molar-refractivity contribution in [2.24, 2.45) is 4.99 Å². The molecule has 0 saturated heterocycles. The summed E-state index contributed by atoms with van der Waals surface area (Å²) in [5, 5.41) is 4.90. The fraction of sp³-hybridized carbons (Fsp3) is 0.0333. The van der Waals surface area contributed by atoms with E-state index in [9.17, 15) is 0 Å². The van der Waals surface area contributed by atoms with Crippen molar-refractivity contribution in [3.05, 3.63) is 124 Å². The molecule has 0 spiro atoms. The molecule has 0 aliphatic carbocycles. The van der Waals surface area contributed by atoms with E-state index in [1.807, 2.05) is 18.2 Å². The monoisotopic (exact) mass is 503 g/mol. The maximum absolute atomic E-state index is 5.05. The van der Waals surface area contributed by atoms with Crippen LogP contribution in [-0.4, -0.2) is 10.7 Å². The third-order valence-electron chi connectivity index (χ3n) is 6.12. The van der Waals surface area contributed by atoms with Crippen LogP contribution in [0.2, 0.25) is 0 Å². The van der Waals surface area contributed by atoms with E-state index < -0.39 is 0 Å². The number of halogens is 1. The standard InChI is InChI=1S/C30H22BrN3/c1-19-11-16-24-23(17-19)29(30(34-24)21-7-3-2-4-8-21)28-18-27(20-12-14-22(31)15-13-20)32-25-9-5-6-10-26(25)33-28/h2-18,33-34H,1H3. The van der Waals surface area contributed by atoms with E-state index in [0.29, 0.717) is 0 Å². The van der Waals surface area contributed by atoms with E-state index in [0.717, 1.165) is 55.2 Å². The molecule has 164 valence electrons. The Balaban J connectivity index is 1.63. The van der Waals surface area contributed by atoms with Gasteiger partial charge < -0.3 is 10.3 Å².